The van der Waals surface area contributed by atoms with Crippen LogP contribution in [-0.2, 0) is 9.59 Å². The lowest BCUT2D eigenvalue weighted by molar-refractivity contribution is -0.138. The van der Waals surface area contributed by atoms with Gasteiger partial charge in [-0.2, -0.15) is 0 Å². The zero-order valence-electron chi connectivity index (χ0n) is 15.8. The summed E-state index contributed by atoms with van der Waals surface area (Å²) in [6.07, 6.45) is 4.18. The fraction of sp³-hybridized carbons (Fsp3) is 0.889. The fourth-order valence-corrected chi connectivity index (χ4v) is 4.24. The van der Waals surface area contributed by atoms with E-state index in [-0.39, 0.29) is 24.9 Å². The number of rotatable bonds is 5. The molecule has 1 N–H and O–H groups in total. The zero-order chi connectivity index (χ0) is 17.7. The molecule has 0 aromatic carbocycles. The topological polar surface area (TPSA) is 64.1 Å². The Bertz CT molecular complexity index is 439. The van der Waals surface area contributed by atoms with Crippen LogP contribution in [-0.4, -0.2) is 84.0 Å². The molecule has 2 heterocycles. The molecule has 0 bridgehead atoms. The number of carboxylic acid groups (broad SMARTS) is 1. The van der Waals surface area contributed by atoms with Crippen LogP contribution in [0.1, 0.15) is 39.5 Å². The van der Waals surface area contributed by atoms with E-state index >= 15 is 0 Å². The number of carbonyl (C=O) groups excluding carboxylic acids is 1. The minimum Gasteiger partial charge on any atom is -0.480 e. The van der Waals surface area contributed by atoms with E-state index in [9.17, 15) is 9.59 Å². The third-order valence-electron chi connectivity index (χ3n) is 5.38. The summed E-state index contributed by atoms with van der Waals surface area (Å²) >= 11 is 0. The van der Waals surface area contributed by atoms with Crippen molar-refractivity contribution in [3.8, 4) is 0 Å². The van der Waals surface area contributed by atoms with Gasteiger partial charge in [0.05, 0.1) is 13.1 Å². The summed E-state index contributed by atoms with van der Waals surface area (Å²) in [5.74, 6) is 0.666. The third-order valence-corrected chi connectivity index (χ3v) is 5.38. The Kier molecular flexibility index (Phi) is 9.17. The van der Waals surface area contributed by atoms with Gasteiger partial charge in [-0.1, -0.05) is 13.8 Å². The maximum absolute atomic E-state index is 12.6. The molecular weight excluding hydrogens is 342 g/mol. The average Bonchev–Trinajstić information content (AvgIpc) is 2.71. The van der Waals surface area contributed by atoms with E-state index in [0.29, 0.717) is 24.4 Å². The molecule has 2 aliphatic rings. The molecule has 25 heavy (non-hydrogen) atoms. The number of piperidine rings is 1. The maximum atomic E-state index is 12.6. The van der Waals surface area contributed by atoms with Gasteiger partial charge in [-0.05, 0) is 51.1 Å². The second-order valence-electron chi connectivity index (χ2n) is 7.91. The van der Waals surface area contributed by atoms with E-state index in [1.165, 1.54) is 6.42 Å². The summed E-state index contributed by atoms with van der Waals surface area (Å²) in [4.78, 5) is 29.7. The molecule has 2 fully saturated rings. The van der Waals surface area contributed by atoms with Gasteiger partial charge in [0.25, 0.3) is 0 Å². The molecule has 2 saturated heterocycles. The predicted octanol–water partition coefficient (Wildman–Crippen LogP) is 1.78. The number of nitrogens with zero attached hydrogens (tertiary/aromatic N) is 3. The van der Waals surface area contributed by atoms with Gasteiger partial charge in [0.15, 0.2) is 0 Å². The fourth-order valence-electron chi connectivity index (χ4n) is 4.24. The van der Waals surface area contributed by atoms with Crippen LogP contribution in [0.5, 0.6) is 0 Å². The lowest BCUT2D eigenvalue weighted by atomic mass is 9.92. The number of halogens is 1. The first kappa shape index (κ1) is 22.2. The van der Waals surface area contributed by atoms with E-state index in [2.05, 4.69) is 18.7 Å². The van der Waals surface area contributed by atoms with Crippen molar-refractivity contribution in [1.82, 2.24) is 14.7 Å². The van der Waals surface area contributed by atoms with Crippen molar-refractivity contribution >= 4 is 24.3 Å². The van der Waals surface area contributed by atoms with Gasteiger partial charge in [-0.3, -0.25) is 19.4 Å². The lowest BCUT2D eigenvalue weighted by Gasteiger charge is -2.36. The molecule has 0 saturated carbocycles. The zero-order valence-corrected chi connectivity index (χ0v) is 16.6. The minimum atomic E-state index is -0.776. The number of amides is 1. The summed E-state index contributed by atoms with van der Waals surface area (Å²) in [5, 5.41) is 8.94. The van der Waals surface area contributed by atoms with Gasteiger partial charge in [0, 0.05) is 25.7 Å². The van der Waals surface area contributed by atoms with E-state index < -0.39 is 5.97 Å². The van der Waals surface area contributed by atoms with Crippen LogP contribution in [0.4, 0.5) is 0 Å². The van der Waals surface area contributed by atoms with Gasteiger partial charge in [-0.25, -0.2) is 0 Å². The summed E-state index contributed by atoms with van der Waals surface area (Å²) in [6.45, 7) is 8.64. The highest BCUT2D eigenvalue weighted by Crippen LogP contribution is 2.21. The summed E-state index contributed by atoms with van der Waals surface area (Å²) < 4.78 is 0. The highest BCUT2D eigenvalue weighted by molar-refractivity contribution is 5.85. The molecule has 3 atom stereocenters. The van der Waals surface area contributed by atoms with E-state index in [4.69, 9.17) is 5.11 Å². The standard InChI is InChI=1S/C18H33N3O3.ClH/c1-14-9-15(2)11-21(10-14)17(22)12-20-7-4-5-16(6-8-20)19(3)13-18(23)24;/h14-16H,4-13H2,1-3H3,(H,23,24);1H. The van der Waals surface area contributed by atoms with Crippen molar-refractivity contribution in [2.75, 3.05) is 46.3 Å². The Morgan fingerprint density at radius 3 is 2.36 bits per heavy atom. The molecule has 2 rings (SSSR count). The van der Waals surface area contributed by atoms with Crippen molar-refractivity contribution in [3.05, 3.63) is 0 Å². The van der Waals surface area contributed by atoms with Crippen LogP contribution < -0.4 is 0 Å². The highest BCUT2D eigenvalue weighted by Gasteiger charge is 2.28. The lowest BCUT2D eigenvalue weighted by Crippen LogP contribution is -2.47. The number of hydrogen-bond acceptors (Lipinski definition) is 4. The van der Waals surface area contributed by atoms with Crippen molar-refractivity contribution in [3.63, 3.8) is 0 Å². The largest absolute Gasteiger partial charge is 0.480 e. The van der Waals surface area contributed by atoms with Crippen molar-refractivity contribution in [2.45, 2.75) is 45.6 Å². The van der Waals surface area contributed by atoms with Gasteiger partial charge in [-0.15, -0.1) is 12.4 Å². The molecule has 0 aromatic heterocycles. The second-order valence-corrected chi connectivity index (χ2v) is 7.91. The number of carbonyl (C=O) groups is 2. The van der Waals surface area contributed by atoms with Gasteiger partial charge < -0.3 is 10.0 Å². The molecular formula is C18H34ClN3O3. The molecule has 0 aromatic rings. The Morgan fingerprint density at radius 2 is 1.76 bits per heavy atom. The Hall–Kier alpha value is -0.850. The third kappa shape index (κ3) is 7.12. The summed E-state index contributed by atoms with van der Waals surface area (Å²) in [6, 6.07) is 0.302. The summed E-state index contributed by atoms with van der Waals surface area (Å²) in [7, 11) is 1.89. The Balaban J connectivity index is 0.00000312. The highest BCUT2D eigenvalue weighted by atomic mass is 35.5. The first-order valence-corrected chi connectivity index (χ1v) is 9.27. The molecule has 1 amide bonds. The number of likely N-dealkylation sites (tertiary alicyclic amines) is 2. The molecule has 146 valence electrons. The van der Waals surface area contributed by atoms with Crippen LogP contribution in [0.15, 0.2) is 0 Å². The number of aliphatic carboxylic acids is 1. The molecule has 0 aliphatic carbocycles. The molecule has 3 unspecified atom stereocenters. The maximum Gasteiger partial charge on any atom is 0.317 e. The first-order chi connectivity index (χ1) is 11.3. The minimum absolute atomic E-state index is 0. The van der Waals surface area contributed by atoms with Crippen molar-refractivity contribution in [1.29, 1.82) is 0 Å². The average molecular weight is 376 g/mol. The smallest absolute Gasteiger partial charge is 0.317 e. The normalized spacial score (nSPS) is 28.3. The monoisotopic (exact) mass is 375 g/mol. The van der Waals surface area contributed by atoms with Crippen LogP contribution in [0.2, 0.25) is 0 Å². The van der Waals surface area contributed by atoms with E-state index in [0.717, 1.165) is 45.4 Å². The molecule has 0 spiro atoms. The van der Waals surface area contributed by atoms with Crippen molar-refractivity contribution < 1.29 is 14.7 Å². The first-order valence-electron chi connectivity index (χ1n) is 9.27. The van der Waals surface area contributed by atoms with Crippen molar-refractivity contribution in [2.24, 2.45) is 11.8 Å². The van der Waals surface area contributed by atoms with Gasteiger partial charge in [0.1, 0.15) is 0 Å². The SMILES string of the molecule is CC1CC(C)CN(C(=O)CN2CCCC(N(C)CC(=O)O)CC2)C1.Cl. The molecule has 6 nitrogen and oxygen atoms in total. The number of likely N-dealkylation sites (N-methyl/N-ethyl adjacent to an activating group) is 1. The second kappa shape index (κ2) is 10.3. The van der Waals surface area contributed by atoms with Crippen LogP contribution in [0.25, 0.3) is 0 Å². The van der Waals surface area contributed by atoms with Crippen LogP contribution in [0, 0.1) is 11.8 Å². The van der Waals surface area contributed by atoms with E-state index in [1.54, 1.807) is 0 Å². The quantitative estimate of drug-likeness (QED) is 0.793. The number of carboxylic acids is 1. The Labute approximate surface area is 157 Å². The summed E-state index contributed by atoms with van der Waals surface area (Å²) in [5.41, 5.74) is 0. The molecule has 2 aliphatic heterocycles. The number of hydrogen-bond donors (Lipinski definition) is 1. The Morgan fingerprint density at radius 1 is 1.12 bits per heavy atom. The molecule has 7 heteroatoms. The van der Waals surface area contributed by atoms with Crippen LogP contribution in [0.3, 0.4) is 0 Å². The van der Waals surface area contributed by atoms with Gasteiger partial charge >= 0.3 is 5.97 Å². The van der Waals surface area contributed by atoms with Gasteiger partial charge in [0.2, 0.25) is 5.91 Å². The predicted molar refractivity (Wildman–Crippen MR) is 101 cm³/mol. The van der Waals surface area contributed by atoms with Crippen LogP contribution >= 0.6 is 12.4 Å². The van der Waals surface area contributed by atoms with E-state index in [1.807, 2.05) is 16.8 Å². The molecule has 0 radical (unpaired) electrons.